The summed E-state index contributed by atoms with van der Waals surface area (Å²) >= 11 is 0. The fourth-order valence-electron chi connectivity index (χ4n) is 4.85. The van der Waals surface area contributed by atoms with Gasteiger partial charge in [-0.25, -0.2) is 4.39 Å². The van der Waals surface area contributed by atoms with Crippen LogP contribution in [0.4, 0.5) is 4.39 Å². The average molecular weight is 572 g/mol. The van der Waals surface area contributed by atoms with Crippen molar-refractivity contribution in [1.29, 1.82) is 0 Å². The first-order valence-electron chi connectivity index (χ1n) is 13.7. The van der Waals surface area contributed by atoms with Crippen LogP contribution in [-0.2, 0) is 22.6 Å². The highest BCUT2D eigenvalue weighted by Gasteiger charge is 2.21. The van der Waals surface area contributed by atoms with E-state index in [-0.39, 0.29) is 13.0 Å². The van der Waals surface area contributed by atoms with Crippen molar-refractivity contribution in [3.05, 3.63) is 107 Å². The first kappa shape index (κ1) is 30.1. The molecule has 0 aliphatic heterocycles. The Morgan fingerprint density at radius 3 is 2.26 bits per heavy atom. The third-order valence-corrected chi connectivity index (χ3v) is 6.87. The Morgan fingerprint density at radius 2 is 1.60 bits per heavy atom. The first-order valence-corrected chi connectivity index (χ1v) is 13.7. The van der Waals surface area contributed by atoms with Gasteiger partial charge in [0, 0.05) is 17.5 Å². The summed E-state index contributed by atoms with van der Waals surface area (Å²) in [6, 6.07) is 18.4. The van der Waals surface area contributed by atoms with Crippen molar-refractivity contribution in [3.8, 4) is 11.5 Å². The molecular formula is C34H34FNO6. The number of benzene rings is 3. The topological polar surface area (TPSA) is 98.0 Å². The van der Waals surface area contributed by atoms with Crippen molar-refractivity contribution in [3.63, 3.8) is 0 Å². The highest BCUT2D eigenvalue weighted by molar-refractivity contribution is 5.95. The first-order chi connectivity index (χ1) is 20.2. The van der Waals surface area contributed by atoms with Crippen LogP contribution in [0.3, 0.4) is 0 Å². The van der Waals surface area contributed by atoms with Crippen molar-refractivity contribution in [2.75, 3.05) is 13.2 Å². The predicted molar refractivity (Wildman–Crippen MR) is 162 cm³/mol. The number of hydrogen-bond acceptors (Lipinski definition) is 4. The van der Waals surface area contributed by atoms with E-state index in [9.17, 15) is 14.7 Å². The van der Waals surface area contributed by atoms with Crippen LogP contribution in [0, 0.1) is 19.7 Å². The van der Waals surface area contributed by atoms with E-state index < -0.39 is 17.8 Å². The molecule has 218 valence electrons. The van der Waals surface area contributed by atoms with Gasteiger partial charge >= 0.3 is 11.9 Å². The molecule has 0 atom stereocenters. The summed E-state index contributed by atoms with van der Waals surface area (Å²) in [6.45, 7) is 4.28. The zero-order valence-electron chi connectivity index (χ0n) is 23.7. The molecule has 0 spiro atoms. The van der Waals surface area contributed by atoms with Gasteiger partial charge in [0.05, 0.1) is 5.52 Å². The van der Waals surface area contributed by atoms with Crippen LogP contribution < -0.4 is 9.47 Å². The molecule has 1 heterocycles. The molecule has 0 unspecified atom stereocenters. The van der Waals surface area contributed by atoms with Crippen LogP contribution in [0.2, 0.25) is 0 Å². The number of ether oxygens (including phenoxy) is 2. The largest absolute Gasteiger partial charge is 0.490 e. The van der Waals surface area contributed by atoms with E-state index in [1.807, 2.05) is 79.8 Å². The maximum absolute atomic E-state index is 15.1. The molecule has 4 aromatic rings. The van der Waals surface area contributed by atoms with E-state index in [1.54, 1.807) is 17.6 Å². The summed E-state index contributed by atoms with van der Waals surface area (Å²) in [4.78, 5) is 22.7. The smallest absolute Gasteiger partial charge is 0.323 e. The number of carboxylic acids is 2. The van der Waals surface area contributed by atoms with E-state index in [2.05, 4.69) is 0 Å². The van der Waals surface area contributed by atoms with Gasteiger partial charge in [0.1, 0.15) is 37.1 Å². The van der Waals surface area contributed by atoms with Gasteiger partial charge in [-0.15, -0.1) is 0 Å². The number of nitrogens with zero attached hydrogens (tertiary/aromatic N) is 1. The van der Waals surface area contributed by atoms with Gasteiger partial charge in [-0.05, 0) is 97.5 Å². The van der Waals surface area contributed by atoms with Gasteiger partial charge in [0.15, 0.2) is 0 Å². The Bertz CT molecular complexity index is 1620. The normalized spacial score (nSPS) is 11.5. The van der Waals surface area contributed by atoms with Crippen LogP contribution in [0.1, 0.15) is 40.8 Å². The van der Waals surface area contributed by atoms with Crippen LogP contribution in [0.5, 0.6) is 11.5 Å². The summed E-state index contributed by atoms with van der Waals surface area (Å²) in [6.07, 6.45) is 8.11. The van der Waals surface area contributed by atoms with E-state index in [4.69, 9.17) is 14.6 Å². The molecule has 0 aliphatic carbocycles. The summed E-state index contributed by atoms with van der Waals surface area (Å²) < 4.78 is 28.1. The fraction of sp³-hybridized carbons (Fsp3) is 0.235. The second kappa shape index (κ2) is 14.2. The lowest BCUT2D eigenvalue weighted by molar-refractivity contribution is -0.138. The van der Waals surface area contributed by atoms with Crippen molar-refractivity contribution in [2.24, 2.45) is 0 Å². The van der Waals surface area contributed by atoms with Gasteiger partial charge in [0.2, 0.25) is 0 Å². The second-order valence-corrected chi connectivity index (χ2v) is 9.96. The number of aromatic nitrogens is 1. The Morgan fingerprint density at radius 1 is 0.881 bits per heavy atom. The molecule has 0 radical (unpaired) electrons. The quantitative estimate of drug-likeness (QED) is 0.124. The maximum Gasteiger partial charge on any atom is 0.323 e. The lowest BCUT2D eigenvalue weighted by atomic mass is 10.0. The maximum atomic E-state index is 15.1. The van der Waals surface area contributed by atoms with E-state index in [1.165, 1.54) is 6.07 Å². The molecule has 0 bridgehead atoms. The number of aryl methyl sites for hydroxylation is 2. The zero-order chi connectivity index (χ0) is 30.1. The molecule has 4 rings (SSSR count). The molecule has 2 N–H and O–H groups in total. The molecule has 0 aliphatic rings. The highest BCUT2D eigenvalue weighted by Crippen LogP contribution is 2.33. The van der Waals surface area contributed by atoms with Crippen LogP contribution >= 0.6 is 0 Å². The van der Waals surface area contributed by atoms with Crippen molar-refractivity contribution in [2.45, 2.75) is 39.7 Å². The molecular weight excluding hydrogens is 537 g/mol. The minimum Gasteiger partial charge on any atom is -0.490 e. The summed E-state index contributed by atoms with van der Waals surface area (Å²) in [5, 5.41) is 18.9. The van der Waals surface area contributed by atoms with Crippen LogP contribution in [0.25, 0.3) is 23.1 Å². The molecule has 0 saturated carbocycles. The Hall–Kier alpha value is -4.85. The number of carbonyl (C=O) groups is 2. The Balaban J connectivity index is 1.44. The van der Waals surface area contributed by atoms with E-state index in [0.29, 0.717) is 59.5 Å². The molecule has 7 nitrogen and oxygen atoms in total. The minimum atomic E-state index is -1.05. The molecule has 0 saturated heterocycles. The third kappa shape index (κ3) is 7.87. The van der Waals surface area contributed by atoms with Crippen molar-refractivity contribution >= 4 is 35.0 Å². The highest BCUT2D eigenvalue weighted by atomic mass is 19.1. The summed E-state index contributed by atoms with van der Waals surface area (Å²) in [5.41, 5.74) is 4.43. The monoisotopic (exact) mass is 571 g/mol. The van der Waals surface area contributed by atoms with Crippen LogP contribution in [0.15, 0.2) is 72.8 Å². The standard InChI is InChI=1S/C34H34FNO6/c1-23-7-5-8-28(21-23)42-20-4-3-19-41-27-16-12-25(13-17-27)11-14-26-15-18-30(35)33-29(9-6-10-31(37)38)24(2)36(34(26)33)22-32(39)40/h3-5,7-8,11-18,21H,6,9-10,19-20,22H2,1-2H3,(H,37,38)(H,39,40). The van der Waals surface area contributed by atoms with Crippen LogP contribution in [-0.4, -0.2) is 39.9 Å². The number of aliphatic carboxylic acids is 2. The van der Waals surface area contributed by atoms with E-state index in [0.717, 1.165) is 16.9 Å². The van der Waals surface area contributed by atoms with Gasteiger partial charge in [-0.1, -0.05) is 36.4 Å². The van der Waals surface area contributed by atoms with Gasteiger partial charge in [-0.2, -0.15) is 0 Å². The minimum absolute atomic E-state index is 0.0509. The molecule has 0 fully saturated rings. The number of halogens is 1. The number of rotatable bonds is 14. The van der Waals surface area contributed by atoms with Gasteiger partial charge < -0.3 is 24.3 Å². The molecule has 3 aromatic carbocycles. The molecule has 0 amide bonds. The van der Waals surface area contributed by atoms with E-state index >= 15 is 4.39 Å². The van der Waals surface area contributed by atoms with Crippen molar-refractivity contribution in [1.82, 2.24) is 4.57 Å². The average Bonchev–Trinajstić information content (AvgIpc) is 3.22. The Labute approximate surface area is 244 Å². The molecule has 8 heteroatoms. The lowest BCUT2D eigenvalue weighted by Gasteiger charge is -2.08. The molecule has 1 aromatic heterocycles. The summed E-state index contributed by atoms with van der Waals surface area (Å²) in [5.74, 6) is -0.903. The fourth-order valence-corrected chi connectivity index (χ4v) is 4.85. The SMILES string of the molecule is Cc1cccc(OCC=CCOc2ccc(C=Cc3ccc(F)c4c(CCCC(=O)O)c(C)n(CC(=O)O)c34)cc2)c1. The lowest BCUT2D eigenvalue weighted by Crippen LogP contribution is -2.10. The predicted octanol–water partition coefficient (Wildman–Crippen LogP) is 7.07. The number of carboxylic acid groups (broad SMARTS) is 2. The van der Waals surface area contributed by atoms with Gasteiger partial charge in [0.25, 0.3) is 0 Å². The van der Waals surface area contributed by atoms with Gasteiger partial charge in [-0.3, -0.25) is 9.59 Å². The zero-order valence-corrected chi connectivity index (χ0v) is 23.7. The third-order valence-electron chi connectivity index (χ3n) is 6.87. The van der Waals surface area contributed by atoms with Crippen molar-refractivity contribution < 1.29 is 33.7 Å². The number of fused-ring (bicyclic) bond motifs is 1. The summed E-state index contributed by atoms with van der Waals surface area (Å²) in [7, 11) is 0. The number of hydrogen-bond donors (Lipinski definition) is 2. The Kier molecular flexibility index (Phi) is 10.2. The molecule has 42 heavy (non-hydrogen) atoms. The second-order valence-electron chi connectivity index (χ2n) is 9.96.